The molecule has 3 atom stereocenters. The predicted molar refractivity (Wildman–Crippen MR) is 84.7 cm³/mol. The van der Waals surface area contributed by atoms with Gasteiger partial charge in [-0.3, -0.25) is 4.79 Å². The zero-order valence-corrected chi connectivity index (χ0v) is 12.6. The molecule has 0 aliphatic carbocycles. The molecule has 5 heteroatoms. The van der Waals surface area contributed by atoms with Crippen LogP contribution < -0.4 is 10.6 Å². The van der Waals surface area contributed by atoms with Crippen molar-refractivity contribution in [3.63, 3.8) is 0 Å². The molecule has 1 aromatic heterocycles. The van der Waals surface area contributed by atoms with Crippen molar-refractivity contribution in [2.24, 2.45) is 0 Å². The molecule has 2 bridgehead atoms. The van der Waals surface area contributed by atoms with Gasteiger partial charge in [-0.05, 0) is 43.5 Å². The molecular formula is C18H17N3O2. The van der Waals surface area contributed by atoms with E-state index in [0.29, 0.717) is 29.2 Å². The zero-order valence-electron chi connectivity index (χ0n) is 12.6. The highest BCUT2D eigenvalue weighted by Crippen LogP contribution is 2.29. The summed E-state index contributed by atoms with van der Waals surface area (Å²) in [6, 6.07) is 13.8. The second-order valence-electron chi connectivity index (χ2n) is 6.22. The van der Waals surface area contributed by atoms with Crippen molar-refractivity contribution >= 4 is 5.91 Å². The van der Waals surface area contributed by atoms with Crippen LogP contribution in [0.2, 0.25) is 0 Å². The Kier molecular flexibility index (Phi) is 3.40. The van der Waals surface area contributed by atoms with E-state index in [-0.39, 0.29) is 11.9 Å². The van der Waals surface area contributed by atoms with Gasteiger partial charge in [0.25, 0.3) is 5.91 Å². The van der Waals surface area contributed by atoms with Gasteiger partial charge in [0.1, 0.15) is 5.76 Å². The highest BCUT2D eigenvalue weighted by atomic mass is 16.3. The van der Waals surface area contributed by atoms with Crippen LogP contribution in [0.4, 0.5) is 0 Å². The molecule has 2 aliphatic rings. The SMILES string of the molecule is N#Cc1cccc(-c2ccc(C(=O)N[C@@H]3C[C@H]4CC[C@@H]3N4)o2)c1. The summed E-state index contributed by atoms with van der Waals surface area (Å²) >= 11 is 0. The molecule has 116 valence electrons. The van der Waals surface area contributed by atoms with Gasteiger partial charge in [0.2, 0.25) is 0 Å². The lowest BCUT2D eigenvalue weighted by atomic mass is 9.95. The van der Waals surface area contributed by atoms with Gasteiger partial charge in [-0.15, -0.1) is 0 Å². The summed E-state index contributed by atoms with van der Waals surface area (Å²) < 4.78 is 5.68. The van der Waals surface area contributed by atoms with E-state index in [1.807, 2.05) is 6.07 Å². The molecule has 23 heavy (non-hydrogen) atoms. The van der Waals surface area contributed by atoms with Crippen molar-refractivity contribution in [2.75, 3.05) is 0 Å². The van der Waals surface area contributed by atoms with Crippen molar-refractivity contribution < 1.29 is 9.21 Å². The van der Waals surface area contributed by atoms with E-state index in [1.165, 1.54) is 6.42 Å². The highest BCUT2D eigenvalue weighted by molar-refractivity contribution is 5.92. The minimum absolute atomic E-state index is 0.174. The number of carbonyl (C=O) groups excluding carboxylic acids is 1. The van der Waals surface area contributed by atoms with Crippen molar-refractivity contribution in [1.82, 2.24) is 10.6 Å². The summed E-state index contributed by atoms with van der Waals surface area (Å²) in [5.41, 5.74) is 1.36. The van der Waals surface area contributed by atoms with Crippen LogP contribution in [0.15, 0.2) is 40.8 Å². The molecule has 4 rings (SSSR count). The molecule has 0 unspecified atom stereocenters. The monoisotopic (exact) mass is 307 g/mol. The van der Waals surface area contributed by atoms with Gasteiger partial charge in [0.05, 0.1) is 11.6 Å². The summed E-state index contributed by atoms with van der Waals surface area (Å²) in [4.78, 5) is 12.4. The van der Waals surface area contributed by atoms with Gasteiger partial charge in [-0.1, -0.05) is 12.1 Å². The number of hydrogen-bond acceptors (Lipinski definition) is 4. The first-order valence-electron chi connectivity index (χ1n) is 7.90. The van der Waals surface area contributed by atoms with Crippen LogP contribution in [0.1, 0.15) is 35.4 Å². The van der Waals surface area contributed by atoms with Crippen molar-refractivity contribution in [3.8, 4) is 17.4 Å². The number of carbonyl (C=O) groups is 1. The number of nitriles is 1. The fourth-order valence-electron chi connectivity index (χ4n) is 3.58. The van der Waals surface area contributed by atoms with Crippen LogP contribution in [0.5, 0.6) is 0 Å². The maximum Gasteiger partial charge on any atom is 0.287 e. The van der Waals surface area contributed by atoms with Gasteiger partial charge in [0, 0.05) is 23.7 Å². The average Bonchev–Trinajstić information content (AvgIpc) is 3.31. The normalized spacial score (nSPS) is 25.3. The third-order valence-corrected chi connectivity index (χ3v) is 4.72. The molecule has 2 N–H and O–H groups in total. The molecule has 0 radical (unpaired) electrons. The smallest absolute Gasteiger partial charge is 0.287 e. The van der Waals surface area contributed by atoms with E-state index >= 15 is 0 Å². The molecule has 2 aromatic rings. The van der Waals surface area contributed by atoms with E-state index in [0.717, 1.165) is 18.4 Å². The largest absolute Gasteiger partial charge is 0.451 e. The third kappa shape index (κ3) is 2.62. The lowest BCUT2D eigenvalue weighted by Crippen LogP contribution is -2.42. The number of nitrogens with one attached hydrogen (secondary N) is 2. The summed E-state index contributed by atoms with van der Waals surface area (Å²) in [5.74, 6) is 0.732. The second-order valence-corrected chi connectivity index (χ2v) is 6.22. The molecule has 2 fully saturated rings. The third-order valence-electron chi connectivity index (χ3n) is 4.72. The number of furan rings is 1. The summed E-state index contributed by atoms with van der Waals surface area (Å²) in [6.07, 6.45) is 3.32. The van der Waals surface area contributed by atoms with Crippen molar-refractivity contribution in [3.05, 3.63) is 47.7 Å². The lowest BCUT2D eigenvalue weighted by molar-refractivity contribution is 0.0903. The van der Waals surface area contributed by atoms with Gasteiger partial charge in [-0.2, -0.15) is 5.26 Å². The van der Waals surface area contributed by atoms with Crippen molar-refractivity contribution in [1.29, 1.82) is 5.26 Å². The first-order chi connectivity index (χ1) is 11.2. The Bertz CT molecular complexity index is 790. The quantitative estimate of drug-likeness (QED) is 0.913. The van der Waals surface area contributed by atoms with Crippen LogP contribution in [0.3, 0.4) is 0 Å². The highest BCUT2D eigenvalue weighted by Gasteiger charge is 2.39. The molecule has 5 nitrogen and oxygen atoms in total. The topological polar surface area (TPSA) is 78.1 Å². The Morgan fingerprint density at radius 1 is 1.30 bits per heavy atom. The molecule has 0 saturated carbocycles. The molecule has 2 aliphatic heterocycles. The Morgan fingerprint density at radius 2 is 2.22 bits per heavy atom. The van der Waals surface area contributed by atoms with E-state index in [1.54, 1.807) is 30.3 Å². The Labute approximate surface area is 134 Å². The van der Waals surface area contributed by atoms with E-state index < -0.39 is 0 Å². The molecule has 1 aromatic carbocycles. The Balaban J connectivity index is 1.49. The Hall–Kier alpha value is -2.58. The lowest BCUT2D eigenvalue weighted by Gasteiger charge is -2.20. The standard InChI is InChI=1S/C18H17N3O2/c19-10-11-2-1-3-12(8-11)16-6-7-17(23-16)18(22)21-15-9-13-4-5-14(15)20-13/h1-3,6-8,13-15,20H,4-5,9H2,(H,21,22)/t13-,14+,15-/m1/s1. The number of nitrogens with zero attached hydrogens (tertiary/aromatic N) is 1. The summed E-state index contributed by atoms with van der Waals surface area (Å²) in [6.45, 7) is 0. The van der Waals surface area contributed by atoms with Crippen LogP contribution in [0.25, 0.3) is 11.3 Å². The van der Waals surface area contributed by atoms with E-state index in [4.69, 9.17) is 9.68 Å². The number of rotatable bonds is 3. The predicted octanol–water partition coefficient (Wildman–Crippen LogP) is 2.44. The summed E-state index contributed by atoms with van der Waals surface area (Å²) in [7, 11) is 0. The summed E-state index contributed by atoms with van der Waals surface area (Å²) in [5, 5.41) is 15.5. The number of benzene rings is 1. The minimum Gasteiger partial charge on any atom is -0.451 e. The van der Waals surface area contributed by atoms with Gasteiger partial charge in [-0.25, -0.2) is 0 Å². The fourth-order valence-corrected chi connectivity index (χ4v) is 3.58. The molecule has 2 saturated heterocycles. The van der Waals surface area contributed by atoms with Crippen LogP contribution in [-0.2, 0) is 0 Å². The molecule has 1 amide bonds. The number of hydrogen-bond donors (Lipinski definition) is 2. The first kappa shape index (κ1) is 14.0. The van der Waals surface area contributed by atoms with Crippen molar-refractivity contribution in [2.45, 2.75) is 37.4 Å². The van der Waals surface area contributed by atoms with E-state index in [2.05, 4.69) is 16.7 Å². The number of amides is 1. The van der Waals surface area contributed by atoms with Crippen LogP contribution in [-0.4, -0.2) is 24.0 Å². The second kappa shape index (κ2) is 5.56. The molecule has 3 heterocycles. The van der Waals surface area contributed by atoms with Crippen LogP contribution in [0, 0.1) is 11.3 Å². The average molecular weight is 307 g/mol. The molecule has 0 spiro atoms. The fraction of sp³-hybridized carbons (Fsp3) is 0.333. The van der Waals surface area contributed by atoms with Crippen LogP contribution >= 0.6 is 0 Å². The van der Waals surface area contributed by atoms with Gasteiger partial charge in [0.15, 0.2) is 5.76 Å². The zero-order chi connectivity index (χ0) is 15.8. The minimum atomic E-state index is -0.174. The number of fused-ring (bicyclic) bond motifs is 2. The van der Waals surface area contributed by atoms with Gasteiger partial charge >= 0.3 is 0 Å². The maximum atomic E-state index is 12.4. The van der Waals surface area contributed by atoms with E-state index in [9.17, 15) is 4.79 Å². The Morgan fingerprint density at radius 3 is 2.96 bits per heavy atom. The van der Waals surface area contributed by atoms with Gasteiger partial charge < -0.3 is 15.1 Å². The first-order valence-corrected chi connectivity index (χ1v) is 7.90. The molecular weight excluding hydrogens is 290 g/mol. The maximum absolute atomic E-state index is 12.4.